The van der Waals surface area contributed by atoms with Crippen LogP contribution in [0.3, 0.4) is 0 Å². The SMILES string of the molecule is CSCC(=O)NC1CC(CC(=O)C[C@@H]2C[C@@]3(CO3)[C@H](O)[C@@H](/C=C/C(C)=C/C[C@@H]3O[C@H](C)[C@H](NC(=O)/C=C\[C@H](C)OC(C)=O)C[C@@H]3C)O2)C1. The molecule has 4 rings (SSSR count). The summed E-state index contributed by atoms with van der Waals surface area (Å²) in [7, 11) is 0. The highest BCUT2D eigenvalue weighted by Crippen LogP contribution is 2.44. The molecule has 3 aliphatic heterocycles. The second kappa shape index (κ2) is 17.4. The average Bonchev–Trinajstić information content (AvgIpc) is 3.76. The predicted molar refractivity (Wildman–Crippen MR) is 183 cm³/mol. The van der Waals surface area contributed by atoms with E-state index in [9.17, 15) is 24.3 Å². The Bertz CT molecular complexity index is 1240. The fraction of sp³-hybridized carbons (Fsp3) is 0.722. The molecule has 0 unspecified atom stereocenters. The number of nitrogens with one attached hydrogen (secondary N) is 2. The van der Waals surface area contributed by atoms with E-state index in [1.54, 1.807) is 13.0 Å². The summed E-state index contributed by atoms with van der Waals surface area (Å²) in [6.45, 7) is 9.55. The van der Waals surface area contributed by atoms with Crippen LogP contribution in [-0.2, 0) is 38.1 Å². The maximum Gasteiger partial charge on any atom is 0.303 e. The van der Waals surface area contributed by atoms with Crippen LogP contribution in [0.15, 0.2) is 36.0 Å². The van der Waals surface area contributed by atoms with Gasteiger partial charge in [-0.1, -0.05) is 30.7 Å². The third-order valence-corrected chi connectivity index (χ3v) is 10.3. The van der Waals surface area contributed by atoms with Gasteiger partial charge in [0.2, 0.25) is 11.8 Å². The fourth-order valence-electron chi connectivity index (χ4n) is 6.97. The van der Waals surface area contributed by atoms with Gasteiger partial charge < -0.3 is 34.7 Å². The number of allylic oxidation sites excluding steroid dienone is 2. The van der Waals surface area contributed by atoms with E-state index in [1.165, 1.54) is 24.8 Å². The van der Waals surface area contributed by atoms with Gasteiger partial charge in [0.25, 0.3) is 0 Å². The molecule has 0 bridgehead atoms. The molecule has 0 aromatic heterocycles. The minimum atomic E-state index is -0.806. The minimum Gasteiger partial charge on any atom is -0.459 e. The van der Waals surface area contributed by atoms with Crippen LogP contribution in [0.4, 0.5) is 0 Å². The number of amides is 2. The highest BCUT2D eigenvalue weighted by molar-refractivity contribution is 7.99. The lowest BCUT2D eigenvalue weighted by molar-refractivity contribution is -0.145. The quantitative estimate of drug-likeness (QED) is 0.101. The van der Waals surface area contributed by atoms with Crippen LogP contribution in [-0.4, -0.2) is 102 Å². The van der Waals surface area contributed by atoms with Crippen molar-refractivity contribution in [3.8, 4) is 0 Å². The lowest BCUT2D eigenvalue weighted by Crippen LogP contribution is -2.50. The van der Waals surface area contributed by atoms with E-state index in [0.717, 1.165) is 24.8 Å². The van der Waals surface area contributed by atoms with Gasteiger partial charge in [-0.3, -0.25) is 19.2 Å². The number of Topliss-reactive ketones (excluding diaryl/α,β-unsaturated/α-hetero) is 1. The zero-order valence-electron chi connectivity index (χ0n) is 29.1. The predicted octanol–water partition coefficient (Wildman–Crippen LogP) is 3.58. The van der Waals surface area contributed by atoms with Crippen molar-refractivity contribution in [3.63, 3.8) is 0 Å². The van der Waals surface area contributed by atoms with Gasteiger partial charge in [-0.05, 0) is 70.6 Å². The highest BCUT2D eigenvalue weighted by Gasteiger charge is 2.58. The van der Waals surface area contributed by atoms with Crippen LogP contribution < -0.4 is 10.6 Å². The Hall–Kier alpha value is -2.51. The molecule has 1 saturated carbocycles. The normalized spacial score (nSPS) is 35.6. The van der Waals surface area contributed by atoms with E-state index in [1.807, 2.05) is 32.3 Å². The van der Waals surface area contributed by atoms with Crippen molar-refractivity contribution in [2.45, 2.75) is 134 Å². The molecule has 9 atom stereocenters. The molecule has 3 heterocycles. The standard InChI is InChI=1S/C36H54N2O9S/c1-21(7-10-31-22(2)13-30(24(4)46-31)38-33(41)12-9-23(3)45-25(5)39)8-11-32-35(43)36(20-44-36)18-29(47-32)17-28(40)16-26-14-27(15-26)37-34(42)19-48-6/h7-9,11-12,22-24,26-27,29-32,35,43H,10,13-20H2,1-6H3,(H,37,42)(H,38,41)/b11-8+,12-9-,21-7+/t22-,23-,24+,26?,27?,29+,30+,31-,32+,35+,36+/m0/s1. The lowest BCUT2D eigenvalue weighted by Gasteiger charge is -2.39. The van der Waals surface area contributed by atoms with Crippen LogP contribution in [0.25, 0.3) is 0 Å². The second-order valence-electron chi connectivity index (χ2n) is 14.1. The molecule has 0 aromatic carbocycles. The van der Waals surface area contributed by atoms with Gasteiger partial charge in [0.1, 0.15) is 29.7 Å². The summed E-state index contributed by atoms with van der Waals surface area (Å²) >= 11 is 1.50. The Morgan fingerprint density at radius 3 is 2.46 bits per heavy atom. The van der Waals surface area contributed by atoms with Gasteiger partial charge in [0.05, 0.1) is 36.7 Å². The summed E-state index contributed by atoms with van der Waals surface area (Å²) in [5.41, 5.74) is 0.354. The molecule has 12 heteroatoms. The number of rotatable bonds is 15. The number of carbonyl (C=O) groups is 4. The van der Waals surface area contributed by atoms with Crippen molar-refractivity contribution in [1.29, 1.82) is 0 Å². The highest BCUT2D eigenvalue weighted by atomic mass is 32.2. The Kier molecular flexibility index (Phi) is 13.9. The van der Waals surface area contributed by atoms with Crippen LogP contribution in [0.1, 0.15) is 79.6 Å². The third-order valence-electron chi connectivity index (χ3n) is 9.77. The van der Waals surface area contributed by atoms with Crippen LogP contribution in [0.5, 0.6) is 0 Å². The molecule has 4 fully saturated rings. The van der Waals surface area contributed by atoms with E-state index in [0.29, 0.717) is 31.6 Å². The lowest BCUT2D eigenvalue weighted by atomic mass is 9.76. The number of hydrogen-bond donors (Lipinski definition) is 3. The second-order valence-corrected chi connectivity index (χ2v) is 15.0. The van der Waals surface area contributed by atoms with Gasteiger partial charge in [0.15, 0.2) is 0 Å². The first-order chi connectivity index (χ1) is 22.8. The van der Waals surface area contributed by atoms with Gasteiger partial charge in [0, 0.05) is 38.3 Å². The molecule has 48 heavy (non-hydrogen) atoms. The van der Waals surface area contributed by atoms with Gasteiger partial charge in [-0.15, -0.1) is 0 Å². The molecule has 4 aliphatic rings. The van der Waals surface area contributed by atoms with E-state index in [2.05, 4.69) is 23.6 Å². The zero-order chi connectivity index (χ0) is 35.0. The Morgan fingerprint density at radius 1 is 1.06 bits per heavy atom. The summed E-state index contributed by atoms with van der Waals surface area (Å²) in [5, 5.41) is 17.0. The first-order valence-corrected chi connectivity index (χ1v) is 18.6. The molecular weight excluding hydrogens is 636 g/mol. The number of thioether (sulfide) groups is 1. The van der Waals surface area contributed by atoms with Crippen LogP contribution in [0.2, 0.25) is 0 Å². The largest absolute Gasteiger partial charge is 0.459 e. The zero-order valence-corrected chi connectivity index (χ0v) is 30.0. The van der Waals surface area contributed by atoms with Gasteiger partial charge in [-0.2, -0.15) is 11.8 Å². The molecular formula is C36H54N2O9S. The van der Waals surface area contributed by atoms with E-state index < -0.39 is 29.9 Å². The molecule has 3 N–H and O–H groups in total. The third kappa shape index (κ3) is 11.3. The monoisotopic (exact) mass is 690 g/mol. The number of epoxide rings is 1. The van der Waals surface area contributed by atoms with Crippen molar-refractivity contribution in [2.75, 3.05) is 18.6 Å². The topological polar surface area (TPSA) is 153 Å². The molecule has 268 valence electrons. The fourth-order valence-corrected chi connectivity index (χ4v) is 7.31. The maximum absolute atomic E-state index is 12.9. The molecule has 0 radical (unpaired) electrons. The van der Waals surface area contributed by atoms with Crippen molar-refractivity contribution < 1.29 is 43.2 Å². The number of hydrogen-bond acceptors (Lipinski definition) is 10. The van der Waals surface area contributed by atoms with Crippen LogP contribution in [0, 0.1) is 11.8 Å². The Labute approximate surface area is 289 Å². The van der Waals surface area contributed by atoms with Crippen LogP contribution >= 0.6 is 11.8 Å². The summed E-state index contributed by atoms with van der Waals surface area (Å²) in [6, 6.07) is 0.0316. The van der Waals surface area contributed by atoms with Gasteiger partial charge >= 0.3 is 5.97 Å². The summed E-state index contributed by atoms with van der Waals surface area (Å²) in [5.74, 6) is 0.498. The average molecular weight is 691 g/mol. The summed E-state index contributed by atoms with van der Waals surface area (Å²) in [6.07, 6.45) is 12.8. The van der Waals surface area contributed by atoms with E-state index in [-0.39, 0.29) is 66.2 Å². The van der Waals surface area contributed by atoms with Crippen molar-refractivity contribution >= 4 is 35.3 Å². The van der Waals surface area contributed by atoms with Crippen molar-refractivity contribution in [2.24, 2.45) is 11.8 Å². The molecule has 1 spiro atoms. The van der Waals surface area contributed by atoms with Crippen molar-refractivity contribution in [1.82, 2.24) is 10.6 Å². The molecule has 2 amide bonds. The minimum absolute atomic E-state index is 0.0105. The first-order valence-electron chi connectivity index (χ1n) is 17.2. The number of carbonyl (C=O) groups excluding carboxylic acids is 4. The summed E-state index contributed by atoms with van der Waals surface area (Å²) < 4.78 is 23.3. The number of esters is 1. The molecule has 3 saturated heterocycles. The molecule has 1 aliphatic carbocycles. The smallest absolute Gasteiger partial charge is 0.303 e. The number of aliphatic hydroxyl groups excluding tert-OH is 1. The van der Waals surface area contributed by atoms with E-state index >= 15 is 0 Å². The molecule has 0 aromatic rings. The number of ether oxygens (including phenoxy) is 4. The summed E-state index contributed by atoms with van der Waals surface area (Å²) in [4.78, 5) is 48.2. The van der Waals surface area contributed by atoms with Crippen molar-refractivity contribution in [3.05, 3.63) is 36.0 Å². The van der Waals surface area contributed by atoms with E-state index in [4.69, 9.17) is 18.9 Å². The first kappa shape index (κ1) is 38.3. The maximum atomic E-state index is 12.9. The molecule has 11 nitrogen and oxygen atoms in total. The van der Waals surface area contributed by atoms with Gasteiger partial charge in [-0.25, -0.2) is 0 Å². The number of ketones is 1. The number of aliphatic hydroxyl groups is 1. The Balaban J connectivity index is 1.22. The Morgan fingerprint density at radius 2 is 1.79 bits per heavy atom.